The molecular formula is C16H25ClFNS. The SMILES string of the molecule is CCCNC(CSCC(C)C)Cc1c(F)cccc1Cl. The monoisotopic (exact) mass is 317 g/mol. The highest BCUT2D eigenvalue weighted by molar-refractivity contribution is 7.99. The number of hydrogen-bond donors (Lipinski definition) is 1. The van der Waals surface area contributed by atoms with E-state index in [1.807, 2.05) is 11.8 Å². The molecule has 0 radical (unpaired) electrons. The standard InChI is InChI=1S/C16H25ClFNS/c1-4-8-19-13(11-20-10-12(2)3)9-14-15(17)6-5-7-16(14)18/h5-7,12-13,19H,4,8-11H2,1-3H3. The van der Waals surface area contributed by atoms with E-state index in [-0.39, 0.29) is 11.9 Å². The van der Waals surface area contributed by atoms with Gasteiger partial charge in [0, 0.05) is 22.4 Å². The maximum absolute atomic E-state index is 13.9. The van der Waals surface area contributed by atoms with Gasteiger partial charge in [0.1, 0.15) is 5.82 Å². The van der Waals surface area contributed by atoms with Crippen molar-refractivity contribution >= 4 is 23.4 Å². The Morgan fingerprint density at radius 3 is 2.65 bits per heavy atom. The maximum Gasteiger partial charge on any atom is 0.127 e. The van der Waals surface area contributed by atoms with Crippen LogP contribution in [-0.2, 0) is 6.42 Å². The quantitative estimate of drug-likeness (QED) is 0.703. The molecule has 1 atom stereocenters. The molecule has 1 aromatic carbocycles. The van der Waals surface area contributed by atoms with Gasteiger partial charge in [0.15, 0.2) is 0 Å². The maximum atomic E-state index is 13.9. The molecule has 0 saturated heterocycles. The van der Waals surface area contributed by atoms with Gasteiger partial charge in [-0.25, -0.2) is 4.39 Å². The van der Waals surface area contributed by atoms with Gasteiger partial charge in [0.2, 0.25) is 0 Å². The molecule has 1 N–H and O–H groups in total. The number of benzene rings is 1. The minimum absolute atomic E-state index is 0.199. The first-order chi connectivity index (χ1) is 9.54. The fourth-order valence-electron chi connectivity index (χ4n) is 1.96. The van der Waals surface area contributed by atoms with Crippen LogP contribution in [0, 0.1) is 11.7 Å². The van der Waals surface area contributed by atoms with Crippen molar-refractivity contribution in [3.63, 3.8) is 0 Å². The van der Waals surface area contributed by atoms with Crippen LogP contribution in [-0.4, -0.2) is 24.1 Å². The van der Waals surface area contributed by atoms with Crippen LogP contribution in [0.15, 0.2) is 18.2 Å². The van der Waals surface area contributed by atoms with E-state index in [1.54, 1.807) is 12.1 Å². The second-order valence-electron chi connectivity index (χ2n) is 5.49. The molecule has 114 valence electrons. The minimum Gasteiger partial charge on any atom is -0.313 e. The van der Waals surface area contributed by atoms with E-state index in [9.17, 15) is 4.39 Å². The molecule has 1 nitrogen and oxygen atoms in total. The summed E-state index contributed by atoms with van der Waals surface area (Å²) in [5.74, 6) is 2.61. The molecule has 1 unspecified atom stereocenters. The van der Waals surface area contributed by atoms with Gasteiger partial charge in [-0.05, 0) is 43.2 Å². The summed E-state index contributed by atoms with van der Waals surface area (Å²) < 4.78 is 13.9. The predicted molar refractivity (Wildman–Crippen MR) is 89.4 cm³/mol. The third-order valence-corrected chi connectivity index (χ3v) is 4.86. The molecule has 1 rings (SSSR count). The van der Waals surface area contributed by atoms with Crippen LogP contribution in [0.3, 0.4) is 0 Å². The van der Waals surface area contributed by atoms with Crippen molar-refractivity contribution in [2.24, 2.45) is 5.92 Å². The highest BCUT2D eigenvalue weighted by atomic mass is 35.5. The van der Waals surface area contributed by atoms with Crippen molar-refractivity contribution < 1.29 is 4.39 Å². The highest BCUT2D eigenvalue weighted by Crippen LogP contribution is 2.22. The molecule has 0 heterocycles. The lowest BCUT2D eigenvalue weighted by molar-refractivity contribution is 0.530. The van der Waals surface area contributed by atoms with Gasteiger partial charge < -0.3 is 5.32 Å². The number of hydrogen-bond acceptors (Lipinski definition) is 2. The number of nitrogens with one attached hydrogen (secondary N) is 1. The summed E-state index contributed by atoms with van der Waals surface area (Å²) >= 11 is 8.04. The third-order valence-electron chi connectivity index (χ3n) is 2.97. The molecule has 0 saturated carbocycles. The normalized spacial score (nSPS) is 12.9. The van der Waals surface area contributed by atoms with Gasteiger partial charge in [-0.3, -0.25) is 0 Å². The summed E-state index contributed by atoms with van der Waals surface area (Å²) in [6.07, 6.45) is 1.73. The minimum atomic E-state index is -0.199. The lowest BCUT2D eigenvalue weighted by Gasteiger charge is -2.20. The molecule has 0 aliphatic heterocycles. The van der Waals surface area contributed by atoms with Gasteiger partial charge in [-0.2, -0.15) is 11.8 Å². The average molecular weight is 318 g/mol. The Labute approximate surface area is 131 Å². The molecule has 0 fully saturated rings. The summed E-state index contributed by atoms with van der Waals surface area (Å²) in [6, 6.07) is 5.17. The van der Waals surface area contributed by atoms with E-state index >= 15 is 0 Å². The van der Waals surface area contributed by atoms with Crippen molar-refractivity contribution in [3.05, 3.63) is 34.6 Å². The zero-order valence-electron chi connectivity index (χ0n) is 12.6. The van der Waals surface area contributed by atoms with Gasteiger partial charge in [0.25, 0.3) is 0 Å². The highest BCUT2D eigenvalue weighted by Gasteiger charge is 2.14. The van der Waals surface area contributed by atoms with Crippen LogP contribution in [0.25, 0.3) is 0 Å². The van der Waals surface area contributed by atoms with Crippen molar-refractivity contribution in [1.82, 2.24) is 5.32 Å². The summed E-state index contributed by atoms with van der Waals surface area (Å²) in [5.41, 5.74) is 0.632. The number of halogens is 2. The van der Waals surface area contributed by atoms with Gasteiger partial charge >= 0.3 is 0 Å². The third kappa shape index (κ3) is 6.47. The van der Waals surface area contributed by atoms with E-state index in [2.05, 4.69) is 26.1 Å². The fraction of sp³-hybridized carbons (Fsp3) is 0.625. The lowest BCUT2D eigenvalue weighted by Crippen LogP contribution is -2.34. The van der Waals surface area contributed by atoms with Crippen molar-refractivity contribution in [2.45, 2.75) is 39.7 Å². The molecule has 0 aliphatic rings. The van der Waals surface area contributed by atoms with Crippen molar-refractivity contribution in [3.8, 4) is 0 Å². The Kier molecular flexibility index (Phi) is 8.58. The molecule has 0 aliphatic carbocycles. The van der Waals surface area contributed by atoms with E-state index in [0.29, 0.717) is 22.9 Å². The molecule has 0 aromatic heterocycles. The zero-order valence-corrected chi connectivity index (χ0v) is 14.2. The van der Waals surface area contributed by atoms with E-state index < -0.39 is 0 Å². The molecule has 20 heavy (non-hydrogen) atoms. The smallest absolute Gasteiger partial charge is 0.127 e. The fourth-order valence-corrected chi connectivity index (χ4v) is 3.33. The van der Waals surface area contributed by atoms with Gasteiger partial charge in [-0.15, -0.1) is 0 Å². The molecule has 1 aromatic rings. The Bertz CT molecular complexity index is 378. The Hall–Kier alpha value is -0.250. The van der Waals surface area contributed by atoms with Crippen LogP contribution in [0.4, 0.5) is 4.39 Å². The predicted octanol–water partition coefficient (Wildman–Crippen LogP) is 4.78. The summed E-state index contributed by atoms with van der Waals surface area (Å²) in [6.45, 7) is 7.53. The van der Waals surface area contributed by atoms with Gasteiger partial charge in [-0.1, -0.05) is 38.4 Å². The Morgan fingerprint density at radius 1 is 1.30 bits per heavy atom. The topological polar surface area (TPSA) is 12.0 Å². The number of thioether (sulfide) groups is 1. The number of rotatable bonds is 9. The molecule has 0 amide bonds. The molecule has 0 bridgehead atoms. The Balaban J connectivity index is 2.63. The van der Waals surface area contributed by atoms with Crippen LogP contribution >= 0.6 is 23.4 Å². The second kappa shape index (κ2) is 9.64. The van der Waals surface area contributed by atoms with Gasteiger partial charge in [0.05, 0.1) is 0 Å². The molecular weight excluding hydrogens is 293 g/mol. The van der Waals surface area contributed by atoms with Crippen LogP contribution in [0.2, 0.25) is 5.02 Å². The van der Waals surface area contributed by atoms with Crippen LogP contribution in [0.1, 0.15) is 32.8 Å². The van der Waals surface area contributed by atoms with Crippen molar-refractivity contribution in [1.29, 1.82) is 0 Å². The first-order valence-electron chi connectivity index (χ1n) is 7.28. The van der Waals surface area contributed by atoms with Crippen molar-refractivity contribution in [2.75, 3.05) is 18.1 Å². The molecule has 4 heteroatoms. The first-order valence-corrected chi connectivity index (χ1v) is 8.81. The second-order valence-corrected chi connectivity index (χ2v) is 6.97. The largest absolute Gasteiger partial charge is 0.313 e. The summed E-state index contributed by atoms with van der Waals surface area (Å²) in [7, 11) is 0. The van der Waals surface area contributed by atoms with E-state index in [4.69, 9.17) is 11.6 Å². The summed E-state index contributed by atoms with van der Waals surface area (Å²) in [4.78, 5) is 0. The van der Waals surface area contributed by atoms with Crippen LogP contribution in [0.5, 0.6) is 0 Å². The van der Waals surface area contributed by atoms with E-state index in [0.717, 1.165) is 24.5 Å². The lowest BCUT2D eigenvalue weighted by atomic mass is 10.1. The first kappa shape index (κ1) is 17.8. The Morgan fingerprint density at radius 2 is 2.05 bits per heavy atom. The van der Waals surface area contributed by atoms with E-state index in [1.165, 1.54) is 6.07 Å². The zero-order chi connectivity index (χ0) is 15.0. The van der Waals surface area contributed by atoms with Crippen LogP contribution < -0.4 is 5.32 Å². The summed E-state index contributed by atoms with van der Waals surface area (Å²) in [5, 5.41) is 4.03. The molecule has 0 spiro atoms. The average Bonchev–Trinajstić information content (AvgIpc) is 2.39.